The van der Waals surface area contributed by atoms with Gasteiger partial charge in [-0.1, -0.05) is 6.42 Å². The van der Waals surface area contributed by atoms with Crippen LogP contribution in [-0.2, 0) is 4.79 Å². The van der Waals surface area contributed by atoms with Crippen LogP contribution in [0.3, 0.4) is 0 Å². The molecule has 0 spiro atoms. The minimum Gasteiger partial charge on any atom is -0.346 e. The van der Waals surface area contributed by atoms with E-state index in [4.69, 9.17) is 5.73 Å². The van der Waals surface area contributed by atoms with Gasteiger partial charge >= 0.3 is 6.18 Å². The molecular formula is C10H20F3N3O. The average molecular weight is 255 g/mol. The smallest absolute Gasteiger partial charge is 0.346 e. The van der Waals surface area contributed by atoms with E-state index in [0.29, 0.717) is 13.1 Å². The van der Waals surface area contributed by atoms with Gasteiger partial charge in [0.2, 0.25) is 5.91 Å². The number of rotatable bonds is 8. The van der Waals surface area contributed by atoms with Crippen LogP contribution in [0.4, 0.5) is 13.2 Å². The molecule has 17 heavy (non-hydrogen) atoms. The lowest BCUT2D eigenvalue weighted by Crippen LogP contribution is -2.40. The molecule has 0 rings (SSSR count). The molecule has 0 fully saturated rings. The fraction of sp³-hybridized carbons (Fsp3) is 0.900. The summed E-state index contributed by atoms with van der Waals surface area (Å²) in [4.78, 5) is 12.8. The Balaban J connectivity index is 3.59. The summed E-state index contributed by atoms with van der Waals surface area (Å²) in [7, 11) is 1.70. The Hall–Kier alpha value is -0.820. The highest BCUT2D eigenvalue weighted by molar-refractivity contribution is 5.77. The van der Waals surface area contributed by atoms with Crippen molar-refractivity contribution in [1.29, 1.82) is 0 Å². The molecule has 0 aliphatic rings. The molecule has 0 saturated carbocycles. The molecule has 4 nitrogen and oxygen atoms in total. The molecule has 0 radical (unpaired) electrons. The predicted molar refractivity (Wildman–Crippen MR) is 59.5 cm³/mol. The van der Waals surface area contributed by atoms with E-state index >= 15 is 0 Å². The summed E-state index contributed by atoms with van der Waals surface area (Å²) in [6.07, 6.45) is -1.57. The first-order valence-electron chi connectivity index (χ1n) is 5.57. The second-order valence-electron chi connectivity index (χ2n) is 3.98. The van der Waals surface area contributed by atoms with Gasteiger partial charge in [-0.2, -0.15) is 13.2 Å². The molecule has 0 aromatic heterocycles. The topological polar surface area (TPSA) is 58.4 Å². The van der Waals surface area contributed by atoms with Gasteiger partial charge in [0.05, 0.1) is 6.54 Å². The fourth-order valence-corrected chi connectivity index (χ4v) is 1.28. The van der Waals surface area contributed by atoms with Gasteiger partial charge in [0, 0.05) is 0 Å². The van der Waals surface area contributed by atoms with E-state index in [1.807, 2.05) is 5.32 Å². The lowest BCUT2D eigenvalue weighted by molar-refractivity contribution is -0.138. The monoisotopic (exact) mass is 255 g/mol. The van der Waals surface area contributed by atoms with E-state index in [-0.39, 0.29) is 6.54 Å². The van der Waals surface area contributed by atoms with E-state index < -0.39 is 18.6 Å². The maximum Gasteiger partial charge on any atom is 0.405 e. The van der Waals surface area contributed by atoms with E-state index in [1.165, 1.54) is 0 Å². The molecular weight excluding hydrogens is 235 g/mol. The normalized spacial score (nSPS) is 11.9. The van der Waals surface area contributed by atoms with Crippen LogP contribution in [0.2, 0.25) is 0 Å². The number of halogens is 3. The first-order chi connectivity index (χ1) is 7.85. The number of amides is 1. The van der Waals surface area contributed by atoms with Crippen molar-refractivity contribution in [3.63, 3.8) is 0 Å². The molecule has 0 aromatic carbocycles. The van der Waals surface area contributed by atoms with Crippen molar-refractivity contribution in [1.82, 2.24) is 10.2 Å². The van der Waals surface area contributed by atoms with E-state index in [2.05, 4.69) is 0 Å². The Labute approximate surface area is 99.3 Å². The van der Waals surface area contributed by atoms with Gasteiger partial charge in [0.15, 0.2) is 0 Å². The number of unbranched alkanes of at least 4 members (excludes halogenated alkanes) is 2. The lowest BCUT2D eigenvalue weighted by Gasteiger charge is -2.16. The SMILES string of the molecule is CN(CCCCCN)CC(=O)NCC(F)(F)F. The van der Waals surface area contributed by atoms with Crippen molar-refractivity contribution < 1.29 is 18.0 Å². The number of carbonyl (C=O) groups excluding carboxylic acids is 1. The highest BCUT2D eigenvalue weighted by atomic mass is 19.4. The quantitative estimate of drug-likeness (QED) is 0.628. The van der Waals surface area contributed by atoms with Crippen LogP contribution in [0.5, 0.6) is 0 Å². The van der Waals surface area contributed by atoms with Crippen molar-refractivity contribution in [3.8, 4) is 0 Å². The lowest BCUT2D eigenvalue weighted by atomic mass is 10.2. The molecule has 0 aromatic rings. The highest BCUT2D eigenvalue weighted by Crippen LogP contribution is 2.11. The van der Waals surface area contributed by atoms with Gasteiger partial charge in [-0.05, 0) is 33.0 Å². The molecule has 0 atom stereocenters. The summed E-state index contributed by atoms with van der Waals surface area (Å²) in [6, 6.07) is 0. The minimum atomic E-state index is -4.35. The van der Waals surface area contributed by atoms with E-state index in [1.54, 1.807) is 11.9 Å². The van der Waals surface area contributed by atoms with Crippen molar-refractivity contribution in [3.05, 3.63) is 0 Å². The van der Waals surface area contributed by atoms with Crippen LogP contribution in [0.1, 0.15) is 19.3 Å². The summed E-state index contributed by atoms with van der Waals surface area (Å²) >= 11 is 0. The molecule has 7 heteroatoms. The third kappa shape index (κ3) is 11.4. The molecule has 0 saturated heterocycles. The van der Waals surface area contributed by atoms with Crippen LogP contribution < -0.4 is 11.1 Å². The molecule has 0 heterocycles. The zero-order chi connectivity index (χ0) is 13.3. The Morgan fingerprint density at radius 3 is 2.47 bits per heavy atom. The summed E-state index contributed by atoms with van der Waals surface area (Å²) in [5.74, 6) is -0.608. The van der Waals surface area contributed by atoms with Gasteiger partial charge in [-0.15, -0.1) is 0 Å². The fourth-order valence-electron chi connectivity index (χ4n) is 1.28. The zero-order valence-electron chi connectivity index (χ0n) is 10.0. The largest absolute Gasteiger partial charge is 0.405 e. The third-order valence-electron chi connectivity index (χ3n) is 2.14. The van der Waals surface area contributed by atoms with Crippen LogP contribution in [0.15, 0.2) is 0 Å². The molecule has 1 amide bonds. The Morgan fingerprint density at radius 1 is 1.29 bits per heavy atom. The van der Waals surface area contributed by atoms with Crippen molar-refractivity contribution >= 4 is 5.91 Å². The Bertz CT molecular complexity index is 221. The maximum absolute atomic E-state index is 11.8. The van der Waals surface area contributed by atoms with Crippen LogP contribution in [0.25, 0.3) is 0 Å². The standard InChI is InChI=1S/C10H20F3N3O/c1-16(6-4-2-3-5-14)7-9(17)15-8-10(11,12)13/h2-8,14H2,1H3,(H,15,17). The minimum absolute atomic E-state index is 0.0152. The van der Waals surface area contributed by atoms with Crippen molar-refractivity contribution in [2.75, 3.05) is 33.2 Å². The maximum atomic E-state index is 11.8. The second-order valence-corrected chi connectivity index (χ2v) is 3.98. The zero-order valence-corrected chi connectivity index (χ0v) is 10.0. The number of hydrogen-bond acceptors (Lipinski definition) is 3. The average Bonchev–Trinajstić information content (AvgIpc) is 2.21. The summed E-state index contributed by atoms with van der Waals surface area (Å²) < 4.78 is 35.4. The number of nitrogens with zero attached hydrogens (tertiary/aromatic N) is 1. The van der Waals surface area contributed by atoms with E-state index in [9.17, 15) is 18.0 Å². The Morgan fingerprint density at radius 2 is 1.94 bits per heavy atom. The molecule has 102 valence electrons. The summed E-state index contributed by atoms with van der Waals surface area (Å²) in [5, 5.41) is 1.83. The van der Waals surface area contributed by atoms with Crippen LogP contribution in [-0.4, -0.2) is 50.2 Å². The third-order valence-corrected chi connectivity index (χ3v) is 2.14. The molecule has 0 unspecified atom stereocenters. The number of likely N-dealkylation sites (N-methyl/N-ethyl adjacent to an activating group) is 1. The van der Waals surface area contributed by atoms with E-state index in [0.717, 1.165) is 19.3 Å². The number of carbonyl (C=O) groups is 1. The van der Waals surface area contributed by atoms with Gasteiger partial charge in [0.1, 0.15) is 6.54 Å². The van der Waals surface area contributed by atoms with Gasteiger partial charge in [0.25, 0.3) is 0 Å². The van der Waals surface area contributed by atoms with Gasteiger partial charge in [-0.3, -0.25) is 9.69 Å². The number of nitrogens with one attached hydrogen (secondary N) is 1. The number of nitrogens with two attached hydrogens (primary N) is 1. The second kappa shape index (κ2) is 8.30. The predicted octanol–water partition coefficient (Wildman–Crippen LogP) is 0.726. The van der Waals surface area contributed by atoms with Gasteiger partial charge in [-0.25, -0.2) is 0 Å². The number of hydrogen-bond donors (Lipinski definition) is 2. The first kappa shape index (κ1) is 16.2. The highest BCUT2D eigenvalue weighted by Gasteiger charge is 2.27. The molecule has 0 aliphatic heterocycles. The summed E-state index contributed by atoms with van der Waals surface area (Å²) in [6.45, 7) is 0.0285. The first-order valence-corrected chi connectivity index (χ1v) is 5.57. The van der Waals surface area contributed by atoms with Crippen molar-refractivity contribution in [2.45, 2.75) is 25.4 Å². The Kier molecular flexibility index (Phi) is 7.90. The van der Waals surface area contributed by atoms with Crippen LogP contribution >= 0.6 is 0 Å². The summed E-state index contributed by atoms with van der Waals surface area (Å²) in [5.41, 5.74) is 5.32. The molecule has 3 N–H and O–H groups in total. The van der Waals surface area contributed by atoms with Crippen molar-refractivity contribution in [2.24, 2.45) is 5.73 Å². The van der Waals surface area contributed by atoms with Gasteiger partial charge < -0.3 is 11.1 Å². The van der Waals surface area contributed by atoms with Crippen LogP contribution in [0, 0.1) is 0 Å². The number of alkyl halides is 3. The molecule has 0 aliphatic carbocycles. The molecule has 0 bridgehead atoms.